The molecule has 0 N–H and O–H groups in total. The van der Waals surface area contributed by atoms with Crippen LogP contribution in [0.1, 0.15) is 18.1 Å². The molecule has 0 aromatic heterocycles. The van der Waals surface area contributed by atoms with Crippen molar-refractivity contribution >= 4 is 23.8 Å². The van der Waals surface area contributed by atoms with Crippen LogP contribution in [0.2, 0.25) is 0 Å². The molecule has 0 aliphatic carbocycles. The Morgan fingerprint density at radius 1 is 0.929 bits per heavy atom. The Bertz CT molecular complexity index is 776. The molecule has 1 fully saturated rings. The average Bonchev–Trinajstić information content (AvgIpc) is 2.73. The largest absolute Gasteiger partial charge is 0.482 e. The molecular formula is C23H28N2O3. The quantitative estimate of drug-likeness (QED) is 0.543. The third-order valence-corrected chi connectivity index (χ3v) is 4.77. The van der Waals surface area contributed by atoms with Gasteiger partial charge in [0.05, 0.1) is 6.61 Å². The van der Waals surface area contributed by atoms with Crippen LogP contribution in [0, 0.1) is 0 Å². The van der Waals surface area contributed by atoms with Crippen molar-refractivity contribution in [1.29, 1.82) is 0 Å². The van der Waals surface area contributed by atoms with Crippen molar-refractivity contribution in [2.45, 2.75) is 6.92 Å². The zero-order chi connectivity index (χ0) is 19.8. The van der Waals surface area contributed by atoms with Crippen LogP contribution in [0.5, 0.6) is 5.75 Å². The molecule has 0 bridgehead atoms. The van der Waals surface area contributed by atoms with Crippen LogP contribution in [-0.4, -0.2) is 57.3 Å². The summed E-state index contributed by atoms with van der Waals surface area (Å²) in [7, 11) is 2.17. The SMILES string of the molecule is CCOC(=O)COc1ccc(/C=C/c2ccc(N3CCN(C)CC3)cc2)cc1. The minimum absolute atomic E-state index is 0.0668. The molecule has 0 atom stereocenters. The maximum Gasteiger partial charge on any atom is 0.344 e. The number of piperazine rings is 1. The van der Waals surface area contributed by atoms with E-state index in [2.05, 4.69) is 53.3 Å². The van der Waals surface area contributed by atoms with Crippen molar-refractivity contribution in [2.75, 3.05) is 51.3 Å². The zero-order valence-electron chi connectivity index (χ0n) is 16.6. The van der Waals surface area contributed by atoms with E-state index in [0.29, 0.717) is 12.4 Å². The lowest BCUT2D eigenvalue weighted by molar-refractivity contribution is -0.145. The first kappa shape index (κ1) is 20.0. The molecule has 0 amide bonds. The van der Waals surface area contributed by atoms with E-state index >= 15 is 0 Å². The Hall–Kier alpha value is -2.79. The van der Waals surface area contributed by atoms with Crippen molar-refractivity contribution in [3.05, 3.63) is 59.7 Å². The first-order valence-electron chi connectivity index (χ1n) is 9.74. The van der Waals surface area contributed by atoms with Gasteiger partial charge in [-0.15, -0.1) is 0 Å². The molecule has 0 unspecified atom stereocenters. The molecule has 2 aromatic rings. The van der Waals surface area contributed by atoms with Gasteiger partial charge in [-0.25, -0.2) is 4.79 Å². The highest BCUT2D eigenvalue weighted by molar-refractivity contribution is 5.72. The van der Waals surface area contributed by atoms with Crippen LogP contribution in [-0.2, 0) is 9.53 Å². The van der Waals surface area contributed by atoms with Crippen LogP contribution in [0.3, 0.4) is 0 Å². The summed E-state index contributed by atoms with van der Waals surface area (Å²) in [6.07, 6.45) is 4.17. The van der Waals surface area contributed by atoms with Gasteiger partial charge in [0, 0.05) is 31.9 Å². The predicted molar refractivity (Wildman–Crippen MR) is 114 cm³/mol. The number of anilines is 1. The molecule has 28 heavy (non-hydrogen) atoms. The Kier molecular flexibility index (Phi) is 7.09. The normalized spacial score (nSPS) is 15.0. The molecule has 1 saturated heterocycles. The molecule has 0 spiro atoms. The van der Waals surface area contributed by atoms with Gasteiger partial charge in [0.2, 0.25) is 0 Å². The van der Waals surface area contributed by atoms with Crippen LogP contribution in [0.15, 0.2) is 48.5 Å². The highest BCUT2D eigenvalue weighted by atomic mass is 16.6. The number of likely N-dealkylation sites (N-methyl/N-ethyl adjacent to an activating group) is 1. The number of rotatable bonds is 7. The Morgan fingerprint density at radius 3 is 2.07 bits per heavy atom. The van der Waals surface area contributed by atoms with Gasteiger partial charge in [-0.2, -0.15) is 0 Å². The van der Waals surface area contributed by atoms with E-state index in [1.54, 1.807) is 6.92 Å². The lowest BCUT2D eigenvalue weighted by Crippen LogP contribution is -2.44. The fourth-order valence-electron chi connectivity index (χ4n) is 3.07. The van der Waals surface area contributed by atoms with Crippen molar-refractivity contribution in [3.8, 4) is 5.75 Å². The van der Waals surface area contributed by atoms with Gasteiger partial charge in [-0.05, 0) is 49.4 Å². The number of carbonyl (C=O) groups is 1. The number of esters is 1. The maximum absolute atomic E-state index is 11.3. The lowest BCUT2D eigenvalue weighted by atomic mass is 10.1. The molecule has 2 aromatic carbocycles. The van der Waals surface area contributed by atoms with Gasteiger partial charge in [0.25, 0.3) is 0 Å². The fourth-order valence-corrected chi connectivity index (χ4v) is 3.07. The van der Waals surface area contributed by atoms with Gasteiger partial charge < -0.3 is 19.3 Å². The van der Waals surface area contributed by atoms with Crippen LogP contribution < -0.4 is 9.64 Å². The molecule has 1 aliphatic heterocycles. The van der Waals surface area contributed by atoms with Crippen LogP contribution in [0.25, 0.3) is 12.2 Å². The molecular weight excluding hydrogens is 352 g/mol. The molecule has 5 nitrogen and oxygen atoms in total. The Balaban J connectivity index is 1.52. The molecule has 3 rings (SSSR count). The first-order valence-corrected chi connectivity index (χ1v) is 9.74. The van der Waals surface area contributed by atoms with E-state index in [1.165, 1.54) is 11.3 Å². The van der Waals surface area contributed by atoms with E-state index < -0.39 is 0 Å². The second kappa shape index (κ2) is 9.95. The predicted octanol–water partition coefficient (Wildman–Crippen LogP) is 3.55. The van der Waals surface area contributed by atoms with E-state index in [9.17, 15) is 4.79 Å². The van der Waals surface area contributed by atoms with E-state index in [1.807, 2.05) is 24.3 Å². The minimum atomic E-state index is -0.355. The lowest BCUT2D eigenvalue weighted by Gasteiger charge is -2.34. The number of hydrogen-bond acceptors (Lipinski definition) is 5. The minimum Gasteiger partial charge on any atom is -0.482 e. The molecule has 1 aliphatic rings. The van der Waals surface area contributed by atoms with E-state index in [0.717, 1.165) is 31.7 Å². The Morgan fingerprint density at radius 2 is 1.50 bits per heavy atom. The van der Waals surface area contributed by atoms with Gasteiger partial charge in [-0.3, -0.25) is 0 Å². The summed E-state index contributed by atoms with van der Waals surface area (Å²) in [6.45, 7) is 6.46. The topological polar surface area (TPSA) is 42.0 Å². The third kappa shape index (κ3) is 5.86. The average molecular weight is 380 g/mol. The number of carbonyl (C=O) groups excluding carboxylic acids is 1. The highest BCUT2D eigenvalue weighted by Crippen LogP contribution is 2.19. The summed E-state index contributed by atoms with van der Waals surface area (Å²) in [5.74, 6) is 0.299. The van der Waals surface area contributed by atoms with Gasteiger partial charge in [0.1, 0.15) is 5.75 Å². The first-order chi connectivity index (χ1) is 13.6. The van der Waals surface area contributed by atoms with E-state index in [4.69, 9.17) is 9.47 Å². The van der Waals surface area contributed by atoms with Gasteiger partial charge in [-0.1, -0.05) is 36.4 Å². The van der Waals surface area contributed by atoms with Crippen molar-refractivity contribution in [2.24, 2.45) is 0 Å². The second-order valence-corrected chi connectivity index (χ2v) is 6.88. The summed E-state index contributed by atoms with van der Waals surface area (Å²) in [6, 6.07) is 16.3. The van der Waals surface area contributed by atoms with Crippen LogP contribution >= 0.6 is 0 Å². The van der Waals surface area contributed by atoms with Crippen molar-refractivity contribution < 1.29 is 14.3 Å². The zero-order valence-corrected chi connectivity index (χ0v) is 16.6. The standard InChI is InChI=1S/C23H28N2O3/c1-3-27-23(26)18-28-22-12-8-20(9-13-22)5-4-19-6-10-21(11-7-19)25-16-14-24(2)15-17-25/h4-13H,3,14-18H2,1-2H3/b5-4+. The Labute approximate surface area is 167 Å². The third-order valence-electron chi connectivity index (χ3n) is 4.77. The van der Waals surface area contributed by atoms with Gasteiger partial charge in [0.15, 0.2) is 6.61 Å². The highest BCUT2D eigenvalue weighted by Gasteiger charge is 2.13. The summed E-state index contributed by atoms with van der Waals surface area (Å²) in [4.78, 5) is 16.1. The number of benzene rings is 2. The maximum atomic E-state index is 11.3. The molecule has 148 valence electrons. The number of ether oxygens (including phenoxy) is 2. The summed E-state index contributed by atoms with van der Waals surface area (Å²) < 4.78 is 10.3. The van der Waals surface area contributed by atoms with Crippen molar-refractivity contribution in [1.82, 2.24) is 4.90 Å². The van der Waals surface area contributed by atoms with E-state index in [-0.39, 0.29) is 12.6 Å². The van der Waals surface area contributed by atoms with Crippen molar-refractivity contribution in [3.63, 3.8) is 0 Å². The summed E-state index contributed by atoms with van der Waals surface area (Å²) in [5, 5.41) is 0. The summed E-state index contributed by atoms with van der Waals surface area (Å²) >= 11 is 0. The van der Waals surface area contributed by atoms with Gasteiger partial charge >= 0.3 is 5.97 Å². The second-order valence-electron chi connectivity index (χ2n) is 6.88. The molecule has 0 radical (unpaired) electrons. The summed E-state index contributed by atoms with van der Waals surface area (Å²) in [5.41, 5.74) is 3.53. The molecule has 5 heteroatoms. The fraction of sp³-hybridized carbons (Fsp3) is 0.348. The molecule has 0 saturated carbocycles. The monoisotopic (exact) mass is 380 g/mol. The van der Waals surface area contributed by atoms with Crippen LogP contribution in [0.4, 0.5) is 5.69 Å². The number of nitrogens with zero attached hydrogens (tertiary/aromatic N) is 2. The number of hydrogen-bond donors (Lipinski definition) is 0. The molecule has 1 heterocycles. The smallest absolute Gasteiger partial charge is 0.344 e.